The summed E-state index contributed by atoms with van der Waals surface area (Å²) >= 11 is 0. The topological polar surface area (TPSA) is 59.0 Å². The first kappa shape index (κ1) is 41.5. The summed E-state index contributed by atoms with van der Waals surface area (Å²) in [6.07, 6.45) is 20.9. The molecule has 0 spiro atoms. The molecule has 6 heterocycles. The molecular weight excluding hydrogens is 848 g/mol. The van der Waals surface area contributed by atoms with Crippen LogP contribution >= 0.6 is 0 Å². The highest BCUT2D eigenvalue weighted by atomic mass is 16.4. The van der Waals surface area contributed by atoms with Gasteiger partial charge in [-0.25, -0.2) is 0 Å². The minimum Gasteiger partial charge on any atom is -0.456 e. The smallest absolute Gasteiger partial charge is 0.262 e. The van der Waals surface area contributed by atoms with Crippen LogP contribution in [0.1, 0.15) is 88.2 Å². The number of fused-ring (bicyclic) bond motifs is 10. The zero-order valence-corrected chi connectivity index (χ0v) is 40.0. The van der Waals surface area contributed by atoms with E-state index in [4.69, 9.17) is 17.7 Å². The highest BCUT2D eigenvalue weighted by Crippen LogP contribution is 2.48. The van der Waals surface area contributed by atoms with E-state index >= 15 is 0 Å². The minimum atomic E-state index is -0.199. The van der Waals surface area contributed by atoms with Crippen LogP contribution in [0.25, 0.3) is 56.7 Å². The van der Waals surface area contributed by atoms with Crippen LogP contribution < -0.4 is 26.2 Å². The second-order valence-corrected chi connectivity index (χ2v) is 21.1. The maximum atomic E-state index is 7.20. The van der Waals surface area contributed by atoms with Crippen LogP contribution in [0.5, 0.6) is 0 Å². The van der Waals surface area contributed by atoms with Gasteiger partial charge in [0.25, 0.3) is 6.71 Å². The van der Waals surface area contributed by atoms with Crippen LogP contribution in [-0.4, -0.2) is 6.71 Å². The Morgan fingerprint density at radius 3 is 1.33 bits per heavy atom. The molecule has 7 heteroatoms. The number of benzene rings is 5. The van der Waals surface area contributed by atoms with Crippen LogP contribution in [0.3, 0.4) is 0 Å². The van der Waals surface area contributed by atoms with Crippen molar-refractivity contribution in [2.24, 2.45) is 0 Å². The highest BCUT2D eigenvalue weighted by molar-refractivity contribution is 7.02. The lowest BCUT2D eigenvalue weighted by Crippen LogP contribution is -2.60. The molecule has 0 bridgehead atoms. The number of hydrogen-bond donors (Lipinski definition) is 0. The Bertz CT molecular complexity index is 3410. The summed E-state index contributed by atoms with van der Waals surface area (Å²) in [5.41, 5.74) is 16.1. The molecule has 0 N–H and O–H groups in total. The number of rotatable bonds is 4. The first-order valence-corrected chi connectivity index (χ1v) is 24.4. The Morgan fingerprint density at radius 2 is 0.899 bits per heavy atom. The van der Waals surface area contributed by atoms with Crippen molar-refractivity contribution in [3.05, 3.63) is 185 Å². The van der Waals surface area contributed by atoms with Gasteiger partial charge in [-0.1, -0.05) is 96.2 Å². The van der Waals surface area contributed by atoms with Gasteiger partial charge >= 0.3 is 0 Å². The number of hydrogen-bond acceptors (Lipinski definition) is 6. The normalized spacial score (nSPS) is 17.0. The zero-order valence-electron chi connectivity index (χ0n) is 40.0. The number of furan rings is 4. The number of allylic oxidation sites excluding steroid dienone is 6. The summed E-state index contributed by atoms with van der Waals surface area (Å²) in [6.45, 7) is 13.5. The van der Waals surface area contributed by atoms with Gasteiger partial charge in [0, 0.05) is 66.7 Å². The summed E-state index contributed by atoms with van der Waals surface area (Å²) in [4.78, 5) is 4.67. The van der Waals surface area contributed by atoms with Gasteiger partial charge in [0.05, 0.1) is 0 Å². The molecular formula is C62H53BN2O4. The zero-order chi connectivity index (χ0) is 46.8. The third-order valence-corrected chi connectivity index (χ3v) is 14.6. The molecule has 0 fully saturated rings. The fraction of sp³-hybridized carbons (Fsp3) is 0.194. The maximum absolute atomic E-state index is 7.20. The Labute approximate surface area is 403 Å². The molecule has 5 aromatic carbocycles. The third-order valence-electron chi connectivity index (χ3n) is 14.6. The molecule has 4 aromatic heterocycles. The molecule has 0 radical (unpaired) electrons. The predicted octanol–water partition coefficient (Wildman–Crippen LogP) is 15.4. The first-order valence-electron chi connectivity index (χ1n) is 24.4. The third kappa shape index (κ3) is 6.76. The molecule has 13 rings (SSSR count). The number of nitrogens with zero attached hydrogens (tertiary/aromatic N) is 2. The average Bonchev–Trinajstić information content (AvgIpc) is 4.11. The summed E-state index contributed by atoms with van der Waals surface area (Å²) in [5.74, 6) is 5.22. The molecule has 9 aromatic rings. The Kier molecular flexibility index (Phi) is 9.30. The molecule has 0 saturated heterocycles. The van der Waals surface area contributed by atoms with Crippen molar-refractivity contribution in [3.8, 4) is 22.6 Å². The van der Waals surface area contributed by atoms with Crippen LogP contribution in [-0.2, 0) is 23.7 Å². The van der Waals surface area contributed by atoms with E-state index in [1.54, 1.807) is 0 Å². The lowest BCUT2D eigenvalue weighted by Gasteiger charge is -2.40. The molecule has 0 amide bonds. The fourth-order valence-corrected chi connectivity index (χ4v) is 10.9. The first-order chi connectivity index (χ1) is 33.5. The van der Waals surface area contributed by atoms with Gasteiger partial charge < -0.3 is 17.7 Å². The van der Waals surface area contributed by atoms with Gasteiger partial charge in [0.1, 0.15) is 34.2 Å². The van der Waals surface area contributed by atoms with E-state index in [9.17, 15) is 0 Å². The fourth-order valence-electron chi connectivity index (χ4n) is 10.9. The molecule has 0 unspecified atom stereocenters. The van der Waals surface area contributed by atoms with Crippen molar-refractivity contribution in [3.63, 3.8) is 0 Å². The van der Waals surface area contributed by atoms with E-state index in [0.717, 1.165) is 127 Å². The van der Waals surface area contributed by atoms with Crippen LogP contribution in [0.15, 0.2) is 169 Å². The van der Waals surface area contributed by atoms with E-state index in [0.29, 0.717) is 0 Å². The largest absolute Gasteiger partial charge is 0.456 e. The van der Waals surface area contributed by atoms with E-state index in [2.05, 4.69) is 215 Å². The van der Waals surface area contributed by atoms with Gasteiger partial charge in [-0.15, -0.1) is 0 Å². The molecule has 6 nitrogen and oxygen atoms in total. The molecule has 0 atom stereocenters. The van der Waals surface area contributed by atoms with Gasteiger partial charge in [-0.05, 0) is 162 Å². The molecule has 4 aliphatic rings. The van der Waals surface area contributed by atoms with Crippen LogP contribution in [0.4, 0.5) is 34.5 Å². The quantitative estimate of drug-likeness (QED) is 0.130. The highest BCUT2D eigenvalue weighted by Gasteiger charge is 2.49. The van der Waals surface area contributed by atoms with Crippen molar-refractivity contribution >= 4 is 91.7 Å². The van der Waals surface area contributed by atoms with Crippen molar-refractivity contribution in [2.75, 3.05) is 9.80 Å². The predicted molar refractivity (Wildman–Crippen MR) is 286 cm³/mol. The van der Waals surface area contributed by atoms with E-state index < -0.39 is 0 Å². The lowest BCUT2D eigenvalue weighted by molar-refractivity contribution is 0.568. The second kappa shape index (κ2) is 15.4. The minimum absolute atomic E-state index is 0.0764. The second-order valence-electron chi connectivity index (χ2n) is 21.1. The van der Waals surface area contributed by atoms with E-state index in [1.807, 2.05) is 0 Å². The van der Waals surface area contributed by atoms with Gasteiger partial charge in [0.15, 0.2) is 0 Å². The monoisotopic (exact) mass is 900 g/mol. The van der Waals surface area contributed by atoms with Crippen molar-refractivity contribution in [1.82, 2.24) is 0 Å². The standard InChI is InChI=1S/C62H53BN2O4/c1-61(2,3)42-26-32-52-46(36-42)56-59(68-52)64(44-28-22-38(23-29-44)54-34-40-16-11-7-9-13-20-50(40)66-54)48-18-15-19-49-58(48)63(56)57-47-37-43(62(4,5)6)27-33-53(47)69-60(57)65(49)45-30-24-39(25-31-45)55-35-41-17-12-8-10-14-21-51(41)67-55/h7-8,11-15,18-37H,9-10,16-17H2,1-6H3/b11-7-,12-8-,20-13-,21-14-. The molecule has 338 valence electrons. The Morgan fingerprint density at radius 1 is 0.449 bits per heavy atom. The van der Waals surface area contributed by atoms with E-state index in [-0.39, 0.29) is 17.5 Å². The summed E-state index contributed by atoms with van der Waals surface area (Å²) in [6, 6.07) is 42.1. The van der Waals surface area contributed by atoms with Crippen molar-refractivity contribution in [2.45, 2.75) is 78.1 Å². The summed E-state index contributed by atoms with van der Waals surface area (Å²) in [7, 11) is 0. The van der Waals surface area contributed by atoms with Gasteiger partial charge in [-0.3, -0.25) is 9.80 Å². The molecule has 69 heavy (non-hydrogen) atoms. The average molecular weight is 901 g/mol. The van der Waals surface area contributed by atoms with E-state index in [1.165, 1.54) is 27.7 Å². The van der Waals surface area contributed by atoms with Crippen LogP contribution in [0.2, 0.25) is 0 Å². The molecule has 2 aliphatic carbocycles. The molecule has 2 aliphatic heterocycles. The summed E-state index contributed by atoms with van der Waals surface area (Å²) in [5, 5.41) is 2.23. The van der Waals surface area contributed by atoms with Crippen molar-refractivity contribution in [1.29, 1.82) is 0 Å². The summed E-state index contributed by atoms with van der Waals surface area (Å²) < 4.78 is 27.4. The molecule has 0 saturated carbocycles. The Hall–Kier alpha value is -7.64. The van der Waals surface area contributed by atoms with Gasteiger partial charge in [0.2, 0.25) is 11.8 Å². The maximum Gasteiger partial charge on any atom is 0.262 e. The van der Waals surface area contributed by atoms with Crippen LogP contribution in [0, 0.1) is 0 Å². The Balaban J connectivity index is 1.02. The van der Waals surface area contributed by atoms with Gasteiger partial charge in [-0.2, -0.15) is 0 Å². The SMILES string of the molecule is CC(C)(C)c1ccc2oc3c(c2c1)B1c2c(cccc2N(c2ccc(-c4cc5c(o4)/C=C\C/C=C\C5)cc2)c2oc4ccc(C(C)(C)C)cc4c21)N3c1ccc(-c2cc3c(o2)/C=C\C/C=C\C3)cc1. The number of anilines is 6. The lowest BCUT2D eigenvalue weighted by atomic mass is 9.33. The van der Waals surface area contributed by atoms with Crippen molar-refractivity contribution < 1.29 is 17.7 Å².